The normalized spacial score (nSPS) is 21.2. The van der Waals surface area contributed by atoms with Crippen molar-refractivity contribution in [1.29, 1.82) is 0 Å². The van der Waals surface area contributed by atoms with Crippen LogP contribution in [-0.4, -0.2) is 59.8 Å². The van der Waals surface area contributed by atoms with E-state index in [1.54, 1.807) is 12.1 Å². The molecule has 4 aromatic carbocycles. The van der Waals surface area contributed by atoms with E-state index in [-0.39, 0.29) is 41.4 Å². The van der Waals surface area contributed by atoms with Crippen LogP contribution in [0.15, 0.2) is 103 Å². The van der Waals surface area contributed by atoms with E-state index in [4.69, 9.17) is 9.47 Å². The molecule has 11 nitrogen and oxygen atoms in total. The van der Waals surface area contributed by atoms with Crippen molar-refractivity contribution in [2.75, 3.05) is 37.6 Å². The molecule has 2 heterocycles. The van der Waals surface area contributed by atoms with Gasteiger partial charge in [-0.1, -0.05) is 85.8 Å². The van der Waals surface area contributed by atoms with Crippen molar-refractivity contribution in [3.8, 4) is 0 Å². The standard InChI is InChI=1S/C38H43N5O6/c1-27-35(25-41-19-21-42(22-20-41)33-15-17-34(18-16-33)43(46)47)48-37(49-36(27)31-11-9-30(26-44)10-12-31)32-13-7-29(8-14-32)24-40-38(45)39-23-28-5-3-2-4-6-28/h2-18,27,35-37,44H,19-26H2,1H3,(H2,39,40,45). The average molecular weight is 666 g/mol. The largest absolute Gasteiger partial charge is 0.392 e. The van der Waals surface area contributed by atoms with Crippen LogP contribution in [0.25, 0.3) is 0 Å². The zero-order valence-electron chi connectivity index (χ0n) is 27.6. The highest BCUT2D eigenvalue weighted by molar-refractivity contribution is 5.73. The number of nitro groups is 1. The third-order valence-electron chi connectivity index (χ3n) is 9.36. The van der Waals surface area contributed by atoms with Crippen molar-refractivity contribution in [3.05, 3.63) is 141 Å². The third kappa shape index (κ3) is 8.81. The molecule has 0 spiro atoms. The summed E-state index contributed by atoms with van der Waals surface area (Å²) in [5.74, 6) is 0.0572. The van der Waals surface area contributed by atoms with Gasteiger partial charge in [-0.25, -0.2) is 4.79 Å². The summed E-state index contributed by atoms with van der Waals surface area (Å²) >= 11 is 0. The molecule has 6 rings (SSSR count). The Morgan fingerprint density at radius 1 is 0.796 bits per heavy atom. The summed E-state index contributed by atoms with van der Waals surface area (Å²) in [5.41, 5.74) is 5.86. The van der Waals surface area contributed by atoms with E-state index >= 15 is 0 Å². The minimum absolute atomic E-state index is 0.0164. The molecule has 0 aromatic heterocycles. The van der Waals surface area contributed by atoms with Gasteiger partial charge in [-0.2, -0.15) is 0 Å². The molecule has 11 heteroatoms. The molecule has 4 unspecified atom stereocenters. The highest BCUT2D eigenvalue weighted by atomic mass is 16.7. The number of aliphatic hydroxyl groups is 1. The Hall–Kier alpha value is -4.81. The van der Waals surface area contributed by atoms with Gasteiger partial charge in [0.25, 0.3) is 5.69 Å². The molecule has 0 aliphatic carbocycles. The fourth-order valence-corrected chi connectivity index (χ4v) is 6.37. The predicted octanol–water partition coefficient (Wildman–Crippen LogP) is 5.70. The molecule has 49 heavy (non-hydrogen) atoms. The topological polar surface area (TPSA) is 129 Å². The predicted molar refractivity (Wildman–Crippen MR) is 187 cm³/mol. The van der Waals surface area contributed by atoms with Gasteiger partial charge in [0.15, 0.2) is 6.29 Å². The van der Waals surface area contributed by atoms with Gasteiger partial charge in [-0.05, 0) is 34.4 Å². The lowest BCUT2D eigenvalue weighted by Crippen LogP contribution is -2.51. The number of non-ortho nitro benzene ring substituents is 1. The first kappa shape index (κ1) is 34.1. The molecule has 2 saturated heterocycles. The second-order valence-corrected chi connectivity index (χ2v) is 12.6. The molecule has 3 N–H and O–H groups in total. The maximum atomic E-state index is 12.4. The summed E-state index contributed by atoms with van der Waals surface area (Å²) < 4.78 is 13.3. The Morgan fingerprint density at radius 2 is 1.39 bits per heavy atom. The molecule has 0 saturated carbocycles. The Kier molecular flexibility index (Phi) is 11.2. The molecule has 0 radical (unpaired) electrons. The Labute approximate surface area is 286 Å². The second kappa shape index (κ2) is 16.1. The number of carbonyl (C=O) groups is 1. The number of nitrogens with zero attached hydrogens (tertiary/aromatic N) is 3. The lowest BCUT2D eigenvalue weighted by molar-refractivity contribution is -0.384. The van der Waals surface area contributed by atoms with Crippen molar-refractivity contribution in [2.45, 2.75) is 45.1 Å². The van der Waals surface area contributed by atoms with Crippen LogP contribution in [-0.2, 0) is 29.2 Å². The first-order chi connectivity index (χ1) is 23.9. The summed E-state index contributed by atoms with van der Waals surface area (Å²) in [6.07, 6.45) is -0.907. The van der Waals surface area contributed by atoms with Crippen molar-refractivity contribution >= 4 is 17.4 Å². The van der Waals surface area contributed by atoms with Crippen LogP contribution in [0.1, 0.15) is 47.1 Å². The Morgan fingerprint density at radius 3 is 2.00 bits per heavy atom. The minimum Gasteiger partial charge on any atom is -0.392 e. The first-order valence-electron chi connectivity index (χ1n) is 16.7. The number of rotatable bonds is 11. The van der Waals surface area contributed by atoms with Crippen LogP contribution in [0.5, 0.6) is 0 Å². The van der Waals surface area contributed by atoms with Crippen LogP contribution in [0.2, 0.25) is 0 Å². The Bertz CT molecular complexity index is 1660. The lowest BCUT2D eigenvalue weighted by Gasteiger charge is -2.44. The minimum atomic E-state index is -0.582. The van der Waals surface area contributed by atoms with Gasteiger partial charge in [-0.3, -0.25) is 15.0 Å². The van der Waals surface area contributed by atoms with Crippen molar-refractivity contribution in [1.82, 2.24) is 15.5 Å². The number of carbonyl (C=O) groups excluding carboxylic acids is 1. The van der Waals surface area contributed by atoms with Crippen LogP contribution < -0.4 is 15.5 Å². The van der Waals surface area contributed by atoms with Crippen LogP contribution in [0.4, 0.5) is 16.2 Å². The van der Waals surface area contributed by atoms with Gasteiger partial charge in [0.2, 0.25) is 0 Å². The molecular formula is C38H43N5O6. The van der Waals surface area contributed by atoms with Gasteiger partial charge in [-0.15, -0.1) is 0 Å². The van der Waals surface area contributed by atoms with Gasteiger partial charge >= 0.3 is 6.03 Å². The van der Waals surface area contributed by atoms with Gasteiger partial charge in [0, 0.05) is 75.1 Å². The van der Waals surface area contributed by atoms with Gasteiger partial charge in [0.1, 0.15) is 0 Å². The van der Waals surface area contributed by atoms with E-state index in [1.165, 1.54) is 0 Å². The van der Waals surface area contributed by atoms with Gasteiger partial charge < -0.3 is 30.1 Å². The van der Waals surface area contributed by atoms with E-state index in [9.17, 15) is 20.0 Å². The maximum absolute atomic E-state index is 12.4. The van der Waals surface area contributed by atoms with E-state index in [0.717, 1.165) is 66.2 Å². The number of anilines is 1. The number of benzene rings is 4. The lowest BCUT2D eigenvalue weighted by atomic mass is 9.90. The number of nitro benzene ring substituents is 1. The summed E-state index contributed by atoms with van der Waals surface area (Å²) in [6, 6.07) is 32.1. The number of hydrogen-bond donors (Lipinski definition) is 3. The van der Waals surface area contributed by atoms with Crippen LogP contribution >= 0.6 is 0 Å². The second-order valence-electron chi connectivity index (χ2n) is 12.6. The molecule has 2 aliphatic rings. The molecule has 4 aromatic rings. The van der Waals surface area contributed by atoms with Gasteiger partial charge in [0.05, 0.1) is 23.7 Å². The van der Waals surface area contributed by atoms with Crippen molar-refractivity contribution in [2.24, 2.45) is 5.92 Å². The van der Waals surface area contributed by atoms with Crippen molar-refractivity contribution < 1.29 is 24.3 Å². The van der Waals surface area contributed by atoms with Crippen LogP contribution in [0, 0.1) is 16.0 Å². The molecule has 2 fully saturated rings. The molecule has 2 aliphatic heterocycles. The smallest absolute Gasteiger partial charge is 0.315 e. The molecular weight excluding hydrogens is 622 g/mol. The zero-order valence-corrected chi connectivity index (χ0v) is 27.6. The fourth-order valence-electron chi connectivity index (χ4n) is 6.37. The van der Waals surface area contributed by atoms with Crippen molar-refractivity contribution in [3.63, 3.8) is 0 Å². The summed E-state index contributed by atoms with van der Waals surface area (Å²) in [4.78, 5) is 27.7. The monoisotopic (exact) mass is 665 g/mol. The molecule has 0 bridgehead atoms. The summed E-state index contributed by atoms with van der Waals surface area (Å²) in [6.45, 7) is 7.03. The number of amides is 2. The third-order valence-corrected chi connectivity index (χ3v) is 9.36. The quantitative estimate of drug-likeness (QED) is 0.138. The summed E-state index contributed by atoms with van der Waals surface area (Å²) in [5, 5.41) is 26.5. The SMILES string of the molecule is CC1C(CN2CCN(c3ccc([N+](=O)[O-])cc3)CC2)OC(c2ccc(CNC(=O)NCc3ccccc3)cc2)OC1c1ccc(CO)cc1. The molecule has 2 amide bonds. The highest BCUT2D eigenvalue weighted by Crippen LogP contribution is 2.42. The number of hydrogen-bond acceptors (Lipinski definition) is 8. The number of nitrogens with one attached hydrogen (secondary N) is 2. The number of piperazine rings is 1. The summed E-state index contributed by atoms with van der Waals surface area (Å²) in [7, 11) is 0. The Balaban J connectivity index is 1.09. The van der Waals surface area contributed by atoms with Crippen LogP contribution in [0.3, 0.4) is 0 Å². The van der Waals surface area contributed by atoms with E-state index in [0.29, 0.717) is 13.1 Å². The van der Waals surface area contributed by atoms with E-state index in [1.807, 2.05) is 91.0 Å². The maximum Gasteiger partial charge on any atom is 0.315 e. The molecule has 4 atom stereocenters. The number of urea groups is 1. The number of aliphatic hydroxyl groups excluding tert-OH is 1. The fraction of sp³-hybridized carbons (Fsp3) is 0.342. The average Bonchev–Trinajstić information content (AvgIpc) is 3.15. The molecule has 256 valence electrons. The number of ether oxygens (including phenoxy) is 2. The van der Waals surface area contributed by atoms with E-state index in [2.05, 4.69) is 27.4 Å². The van der Waals surface area contributed by atoms with E-state index < -0.39 is 6.29 Å². The first-order valence-corrected chi connectivity index (χ1v) is 16.7. The zero-order chi connectivity index (χ0) is 34.2. The highest BCUT2D eigenvalue weighted by Gasteiger charge is 2.39.